The Bertz CT molecular complexity index is 567. The molecule has 1 aliphatic heterocycles. The maximum absolute atomic E-state index is 12.2. The molecule has 0 aliphatic carbocycles. The molecule has 2 heterocycles. The van der Waals surface area contributed by atoms with E-state index in [1.54, 1.807) is 14.0 Å². The van der Waals surface area contributed by atoms with E-state index in [1.165, 1.54) is 12.1 Å². The molecule has 0 bridgehead atoms. The molecule has 1 saturated heterocycles. The summed E-state index contributed by atoms with van der Waals surface area (Å²) < 4.78 is 10.7. The van der Waals surface area contributed by atoms with E-state index in [1.807, 2.05) is 0 Å². The minimum atomic E-state index is -0.381. The normalized spacial score (nSPS) is 22.7. The third kappa shape index (κ3) is 3.71. The van der Waals surface area contributed by atoms with E-state index < -0.39 is 0 Å². The monoisotopic (exact) mass is 294 g/mol. The molecule has 0 aromatic carbocycles. The second-order valence-corrected chi connectivity index (χ2v) is 5.67. The lowest BCUT2D eigenvalue weighted by Gasteiger charge is -2.19. The number of hydrogen-bond donors (Lipinski definition) is 1. The maximum atomic E-state index is 12.2. The average molecular weight is 294 g/mol. The molecule has 6 nitrogen and oxygen atoms in total. The predicted molar refractivity (Wildman–Crippen MR) is 78.5 cm³/mol. The number of amides is 1. The number of likely N-dealkylation sites (tertiary alicyclic amines) is 1. The zero-order valence-electron chi connectivity index (χ0n) is 12.9. The Kier molecular flexibility index (Phi) is 4.80. The number of rotatable bonds is 4. The molecule has 2 rings (SSSR count). The van der Waals surface area contributed by atoms with Gasteiger partial charge >= 0.3 is 0 Å². The fraction of sp³-hybridized carbons (Fsp3) is 0.600. The number of methoxy groups -OCH3 is 1. The standard InChI is InChI=1S/C15H22N2O4/c1-9(2)17-7-12(14(8-17)20-4)16-15(19)13-6-11(18)5-10(3)21-13/h5-6,9,12,14H,7-8H2,1-4H3,(H,16,19)/t12-,14-/m1/s1. The lowest BCUT2D eigenvalue weighted by atomic mass is 10.2. The van der Waals surface area contributed by atoms with E-state index in [0.29, 0.717) is 11.8 Å². The van der Waals surface area contributed by atoms with Crippen LogP contribution in [-0.4, -0.2) is 49.2 Å². The van der Waals surface area contributed by atoms with E-state index in [4.69, 9.17) is 9.15 Å². The van der Waals surface area contributed by atoms with Crippen LogP contribution in [0.3, 0.4) is 0 Å². The number of hydrogen-bond acceptors (Lipinski definition) is 5. The fourth-order valence-corrected chi connectivity index (χ4v) is 2.56. The smallest absolute Gasteiger partial charge is 0.287 e. The molecule has 1 aromatic heterocycles. The van der Waals surface area contributed by atoms with Gasteiger partial charge in [-0.05, 0) is 20.8 Å². The first-order valence-electron chi connectivity index (χ1n) is 7.10. The Balaban J connectivity index is 2.09. The van der Waals surface area contributed by atoms with Gasteiger partial charge in [0.05, 0.1) is 12.1 Å². The summed E-state index contributed by atoms with van der Waals surface area (Å²) >= 11 is 0. The zero-order valence-corrected chi connectivity index (χ0v) is 12.9. The lowest BCUT2D eigenvalue weighted by Crippen LogP contribution is -2.44. The molecule has 1 amide bonds. The molecule has 1 fully saturated rings. The minimum absolute atomic E-state index is 0.0397. The minimum Gasteiger partial charge on any atom is -0.456 e. The predicted octanol–water partition coefficient (Wildman–Crippen LogP) is 0.786. The number of carbonyl (C=O) groups is 1. The molecule has 0 saturated carbocycles. The van der Waals surface area contributed by atoms with Gasteiger partial charge < -0.3 is 14.5 Å². The maximum Gasteiger partial charge on any atom is 0.287 e. The summed E-state index contributed by atoms with van der Waals surface area (Å²) in [6, 6.07) is 2.83. The first kappa shape index (κ1) is 15.7. The third-order valence-corrected chi connectivity index (χ3v) is 3.76. The van der Waals surface area contributed by atoms with Crippen molar-refractivity contribution in [3.05, 3.63) is 33.9 Å². The molecule has 1 N–H and O–H groups in total. The van der Waals surface area contributed by atoms with Crippen molar-refractivity contribution in [3.63, 3.8) is 0 Å². The SMILES string of the molecule is CO[C@@H]1CN(C(C)C)C[C@H]1NC(=O)c1cc(=O)cc(C)o1. The summed E-state index contributed by atoms with van der Waals surface area (Å²) in [6.07, 6.45) is -0.0621. The van der Waals surface area contributed by atoms with Crippen LogP contribution in [0.15, 0.2) is 21.3 Å². The molecule has 1 aromatic rings. The summed E-state index contributed by atoms with van der Waals surface area (Å²) in [6.45, 7) is 7.36. The quantitative estimate of drug-likeness (QED) is 0.889. The van der Waals surface area contributed by atoms with Gasteiger partial charge in [0.25, 0.3) is 5.91 Å². The highest BCUT2D eigenvalue weighted by Gasteiger charge is 2.35. The van der Waals surface area contributed by atoms with Gasteiger partial charge in [-0.2, -0.15) is 0 Å². The molecular weight excluding hydrogens is 272 g/mol. The van der Waals surface area contributed by atoms with Crippen molar-refractivity contribution in [1.82, 2.24) is 10.2 Å². The Morgan fingerprint density at radius 3 is 2.71 bits per heavy atom. The Morgan fingerprint density at radius 1 is 1.43 bits per heavy atom. The number of aryl methyl sites for hydroxylation is 1. The molecule has 0 spiro atoms. The van der Waals surface area contributed by atoms with Crippen molar-refractivity contribution < 1.29 is 13.9 Å². The van der Waals surface area contributed by atoms with Crippen LogP contribution in [-0.2, 0) is 4.74 Å². The van der Waals surface area contributed by atoms with Crippen molar-refractivity contribution >= 4 is 5.91 Å². The first-order chi connectivity index (χ1) is 9.90. The Morgan fingerprint density at radius 2 is 2.14 bits per heavy atom. The highest BCUT2D eigenvalue weighted by atomic mass is 16.5. The Labute approximate surface area is 124 Å². The van der Waals surface area contributed by atoms with Crippen LogP contribution in [0.2, 0.25) is 0 Å². The molecule has 0 radical (unpaired) electrons. The van der Waals surface area contributed by atoms with Gasteiger partial charge in [-0.25, -0.2) is 0 Å². The highest BCUT2D eigenvalue weighted by molar-refractivity contribution is 5.91. The summed E-state index contributed by atoms with van der Waals surface area (Å²) in [5.41, 5.74) is -0.234. The number of nitrogens with one attached hydrogen (secondary N) is 1. The summed E-state index contributed by atoms with van der Waals surface area (Å²) in [7, 11) is 1.64. The van der Waals surface area contributed by atoms with Gasteiger partial charge in [0.2, 0.25) is 0 Å². The molecule has 2 atom stereocenters. The van der Waals surface area contributed by atoms with Crippen molar-refractivity contribution in [2.75, 3.05) is 20.2 Å². The molecule has 116 valence electrons. The number of ether oxygens (including phenoxy) is 1. The van der Waals surface area contributed by atoms with Crippen molar-refractivity contribution in [2.45, 2.75) is 39.0 Å². The van der Waals surface area contributed by atoms with E-state index in [0.717, 1.165) is 13.1 Å². The van der Waals surface area contributed by atoms with Gasteiger partial charge in [0, 0.05) is 38.4 Å². The van der Waals surface area contributed by atoms with E-state index in [2.05, 4.69) is 24.1 Å². The summed E-state index contributed by atoms with van der Waals surface area (Å²) in [5, 5.41) is 2.90. The van der Waals surface area contributed by atoms with Crippen LogP contribution < -0.4 is 10.7 Å². The van der Waals surface area contributed by atoms with Crippen LogP contribution in [0.1, 0.15) is 30.2 Å². The van der Waals surface area contributed by atoms with Gasteiger partial charge in [-0.3, -0.25) is 14.5 Å². The van der Waals surface area contributed by atoms with Gasteiger partial charge in [0.15, 0.2) is 11.2 Å². The fourth-order valence-electron chi connectivity index (χ4n) is 2.56. The molecule has 21 heavy (non-hydrogen) atoms. The van der Waals surface area contributed by atoms with Crippen molar-refractivity contribution in [3.8, 4) is 0 Å². The van der Waals surface area contributed by atoms with Crippen molar-refractivity contribution in [2.24, 2.45) is 0 Å². The molecular formula is C15H22N2O4. The van der Waals surface area contributed by atoms with E-state index in [-0.39, 0.29) is 29.2 Å². The second-order valence-electron chi connectivity index (χ2n) is 5.67. The average Bonchev–Trinajstić information content (AvgIpc) is 2.80. The van der Waals surface area contributed by atoms with Gasteiger partial charge in [-0.15, -0.1) is 0 Å². The number of nitrogens with zero attached hydrogens (tertiary/aromatic N) is 1. The molecule has 1 aliphatic rings. The first-order valence-corrected chi connectivity index (χ1v) is 7.10. The third-order valence-electron chi connectivity index (χ3n) is 3.76. The van der Waals surface area contributed by atoms with Gasteiger partial charge in [-0.1, -0.05) is 0 Å². The zero-order chi connectivity index (χ0) is 15.6. The summed E-state index contributed by atoms with van der Waals surface area (Å²) in [5.74, 6) is 0.0810. The summed E-state index contributed by atoms with van der Waals surface area (Å²) in [4.78, 5) is 25.9. The van der Waals surface area contributed by atoms with Crippen LogP contribution in [0.4, 0.5) is 0 Å². The van der Waals surface area contributed by atoms with E-state index >= 15 is 0 Å². The molecule has 6 heteroatoms. The lowest BCUT2D eigenvalue weighted by molar-refractivity contribution is 0.0734. The topological polar surface area (TPSA) is 71.8 Å². The van der Waals surface area contributed by atoms with Crippen LogP contribution in [0, 0.1) is 6.92 Å². The second kappa shape index (κ2) is 6.41. The van der Waals surface area contributed by atoms with E-state index in [9.17, 15) is 9.59 Å². The largest absolute Gasteiger partial charge is 0.456 e. The van der Waals surface area contributed by atoms with Gasteiger partial charge in [0.1, 0.15) is 5.76 Å². The van der Waals surface area contributed by atoms with Crippen molar-refractivity contribution in [1.29, 1.82) is 0 Å². The highest BCUT2D eigenvalue weighted by Crippen LogP contribution is 2.16. The van der Waals surface area contributed by atoms with Crippen LogP contribution >= 0.6 is 0 Å². The number of carbonyl (C=O) groups excluding carboxylic acids is 1. The molecule has 0 unspecified atom stereocenters. The van der Waals surface area contributed by atoms with Crippen LogP contribution in [0.5, 0.6) is 0 Å². The Hall–Kier alpha value is -1.66. The van der Waals surface area contributed by atoms with Crippen LogP contribution in [0.25, 0.3) is 0 Å².